The number of allylic oxidation sites excluding steroid dienone is 1. The zero-order valence-electron chi connectivity index (χ0n) is 38.1. The van der Waals surface area contributed by atoms with Crippen molar-refractivity contribution in [3.63, 3.8) is 0 Å². The quantitative estimate of drug-likeness (QED) is 0.0146. The fraction of sp³-hybridized carbons (Fsp3) is 0.915. The molecule has 0 aliphatic heterocycles. The highest BCUT2D eigenvalue weighted by Crippen LogP contribution is 2.47. The number of hydrogen-bond donors (Lipinski definition) is 6. The first kappa shape index (κ1) is 57.6. The molecule has 61 heavy (non-hydrogen) atoms. The molecule has 6 N–H and O–H groups in total. The van der Waals surface area contributed by atoms with Crippen molar-refractivity contribution in [2.24, 2.45) is 0 Å². The predicted molar refractivity (Wildman–Crippen MR) is 240 cm³/mol. The Hall–Kier alpha value is -1.41. The van der Waals surface area contributed by atoms with Crippen LogP contribution in [0.25, 0.3) is 0 Å². The molecule has 1 aliphatic carbocycles. The summed E-state index contributed by atoms with van der Waals surface area (Å²) in [6, 6.07) is 0. The van der Waals surface area contributed by atoms with Crippen LogP contribution in [0.2, 0.25) is 0 Å². The molecule has 1 aliphatic rings. The zero-order valence-corrected chi connectivity index (χ0v) is 39.0. The summed E-state index contributed by atoms with van der Waals surface area (Å²) in [5.74, 6) is -1.09. The van der Waals surface area contributed by atoms with Gasteiger partial charge in [-0.05, 0) is 25.7 Å². The van der Waals surface area contributed by atoms with Crippen LogP contribution in [0.15, 0.2) is 12.7 Å². The second-order valence-corrected chi connectivity index (χ2v) is 18.8. The highest BCUT2D eigenvalue weighted by Gasteiger charge is 2.51. The number of esters is 2. The third-order valence-electron chi connectivity index (χ3n) is 11.8. The Bertz CT molecular complexity index is 1110. The summed E-state index contributed by atoms with van der Waals surface area (Å²) in [6.07, 6.45) is 25.8. The number of ether oxygens (including phenoxy) is 2. The summed E-state index contributed by atoms with van der Waals surface area (Å²) in [6.45, 7) is 4.86. The summed E-state index contributed by atoms with van der Waals surface area (Å²) >= 11 is 0. The molecule has 13 nitrogen and oxygen atoms in total. The van der Waals surface area contributed by atoms with Gasteiger partial charge in [-0.25, -0.2) is 4.57 Å². The van der Waals surface area contributed by atoms with Gasteiger partial charge in [0.15, 0.2) is 6.10 Å². The fourth-order valence-electron chi connectivity index (χ4n) is 7.80. The van der Waals surface area contributed by atoms with Gasteiger partial charge in [0.05, 0.1) is 6.61 Å². The summed E-state index contributed by atoms with van der Waals surface area (Å²) in [4.78, 5) is 35.7. The molecule has 0 spiro atoms. The third-order valence-corrected chi connectivity index (χ3v) is 12.7. The van der Waals surface area contributed by atoms with Gasteiger partial charge >= 0.3 is 19.8 Å². The van der Waals surface area contributed by atoms with E-state index in [1.54, 1.807) is 0 Å². The molecule has 360 valence electrons. The molecule has 0 bridgehead atoms. The molecule has 0 saturated heterocycles. The van der Waals surface area contributed by atoms with Crippen LogP contribution in [0.5, 0.6) is 0 Å². The van der Waals surface area contributed by atoms with Gasteiger partial charge in [0.1, 0.15) is 43.2 Å². The molecular formula is C47H89O13P. The summed E-state index contributed by atoms with van der Waals surface area (Å²) in [7, 11) is -5.11. The molecule has 0 radical (unpaired) electrons. The molecule has 1 fully saturated rings. The Balaban J connectivity index is 2.40. The maximum absolute atomic E-state index is 12.8. The number of unbranched alkanes of at least 4 members (excludes halogenated alkanes) is 29. The van der Waals surface area contributed by atoms with E-state index < -0.39 is 75.7 Å². The van der Waals surface area contributed by atoms with E-state index in [0.717, 1.165) is 51.4 Å². The van der Waals surface area contributed by atoms with Crippen molar-refractivity contribution in [1.29, 1.82) is 0 Å². The average Bonchev–Trinajstić information content (AvgIpc) is 3.24. The Morgan fingerprint density at radius 2 is 0.869 bits per heavy atom. The number of rotatable bonds is 42. The van der Waals surface area contributed by atoms with Crippen molar-refractivity contribution < 1.29 is 63.1 Å². The molecule has 1 rings (SSSR count). The van der Waals surface area contributed by atoms with Crippen LogP contribution in [0.4, 0.5) is 0 Å². The fourth-order valence-corrected chi connectivity index (χ4v) is 8.77. The largest absolute Gasteiger partial charge is 0.472 e. The van der Waals surface area contributed by atoms with Crippen LogP contribution >= 0.6 is 7.82 Å². The smallest absolute Gasteiger partial charge is 0.462 e. The van der Waals surface area contributed by atoms with E-state index in [2.05, 4.69) is 13.5 Å². The van der Waals surface area contributed by atoms with Gasteiger partial charge in [-0.1, -0.05) is 186 Å². The summed E-state index contributed by atoms with van der Waals surface area (Å²) in [5, 5.41) is 50.2. The molecular weight excluding hydrogens is 803 g/mol. The van der Waals surface area contributed by atoms with Crippen LogP contribution in [-0.4, -0.2) is 98.3 Å². The van der Waals surface area contributed by atoms with Crippen molar-refractivity contribution in [2.75, 3.05) is 13.2 Å². The topological polar surface area (TPSA) is 210 Å². The second-order valence-electron chi connectivity index (χ2n) is 17.4. The van der Waals surface area contributed by atoms with Crippen LogP contribution in [-0.2, 0) is 32.7 Å². The maximum Gasteiger partial charge on any atom is 0.472 e. The first-order chi connectivity index (χ1) is 29.4. The van der Waals surface area contributed by atoms with Crippen molar-refractivity contribution in [3.8, 4) is 0 Å². The van der Waals surface area contributed by atoms with E-state index in [4.69, 9.17) is 18.5 Å². The average molecular weight is 893 g/mol. The molecule has 0 aromatic heterocycles. The minimum atomic E-state index is -5.11. The minimum Gasteiger partial charge on any atom is -0.462 e. The lowest BCUT2D eigenvalue weighted by Crippen LogP contribution is -2.64. The Morgan fingerprint density at radius 1 is 0.525 bits per heavy atom. The highest BCUT2D eigenvalue weighted by atomic mass is 31.2. The van der Waals surface area contributed by atoms with Gasteiger partial charge in [-0.2, -0.15) is 0 Å². The SMILES string of the molecule is C=CCCCCCCCCCCCCCCCC(=O)O[C@@H](COC(=O)CCCCCCCCCCCCCCCCCCC)COP(=O)(O)OC1C(O)C(O)C(O)[C@H](O)C1O. The van der Waals surface area contributed by atoms with Crippen molar-refractivity contribution in [3.05, 3.63) is 12.7 Å². The van der Waals surface area contributed by atoms with Crippen LogP contribution in [0, 0.1) is 0 Å². The lowest BCUT2D eigenvalue weighted by atomic mass is 9.85. The lowest BCUT2D eigenvalue weighted by molar-refractivity contribution is -0.220. The van der Waals surface area contributed by atoms with E-state index in [9.17, 15) is 44.6 Å². The standard InChI is InChI=1S/C47H89O13P/c1-3-5-7-9-11-13-15-17-19-20-22-23-25-27-29-31-33-35-40(48)57-37-39(38-58-61(55,56)60-47-45(53)43(51)42(50)44(52)46(47)54)59-41(49)36-34-32-30-28-26-24-21-18-16-14-12-10-8-6-4-2/h4,39,42-47,50-54H,2-3,5-38H2,1H3,(H,55,56)/t39-,42?,43-,44?,45?,46?,47?/m0/s1. The van der Waals surface area contributed by atoms with Gasteiger partial charge in [-0.3, -0.25) is 18.6 Å². The van der Waals surface area contributed by atoms with Crippen LogP contribution in [0.3, 0.4) is 0 Å². The normalized spacial score (nSPS) is 21.8. The Labute approximate surface area is 369 Å². The number of carbonyl (C=O) groups excluding carboxylic acids is 2. The molecule has 0 aromatic carbocycles. The highest BCUT2D eigenvalue weighted by molar-refractivity contribution is 7.47. The predicted octanol–water partition coefficient (Wildman–Crippen LogP) is 9.84. The van der Waals surface area contributed by atoms with Crippen molar-refractivity contribution in [2.45, 2.75) is 262 Å². The van der Waals surface area contributed by atoms with Crippen LogP contribution < -0.4 is 0 Å². The second kappa shape index (κ2) is 37.9. The zero-order chi connectivity index (χ0) is 45.0. The van der Waals surface area contributed by atoms with Crippen molar-refractivity contribution >= 4 is 19.8 Å². The molecule has 1 saturated carbocycles. The summed E-state index contributed by atoms with van der Waals surface area (Å²) in [5.41, 5.74) is 0. The number of phosphoric ester groups is 1. The number of aliphatic hydroxyl groups is 5. The molecule has 0 heterocycles. The monoisotopic (exact) mass is 893 g/mol. The third kappa shape index (κ3) is 30.4. The molecule has 8 atom stereocenters. The Morgan fingerprint density at radius 3 is 1.26 bits per heavy atom. The van der Waals surface area contributed by atoms with E-state index >= 15 is 0 Å². The summed E-state index contributed by atoms with van der Waals surface area (Å²) < 4.78 is 33.6. The van der Waals surface area contributed by atoms with Gasteiger partial charge in [0.2, 0.25) is 0 Å². The van der Waals surface area contributed by atoms with Gasteiger partial charge in [-0.15, -0.1) is 6.58 Å². The van der Waals surface area contributed by atoms with E-state index in [1.807, 2.05) is 6.08 Å². The minimum absolute atomic E-state index is 0.0996. The molecule has 6 unspecified atom stereocenters. The number of hydrogen-bond acceptors (Lipinski definition) is 12. The molecule has 0 amide bonds. The van der Waals surface area contributed by atoms with E-state index in [-0.39, 0.29) is 12.8 Å². The van der Waals surface area contributed by atoms with Crippen LogP contribution in [0.1, 0.15) is 219 Å². The first-order valence-corrected chi connectivity index (χ1v) is 25.9. The first-order valence-electron chi connectivity index (χ1n) is 24.5. The number of phosphoric acid groups is 1. The molecule has 0 aromatic rings. The lowest BCUT2D eigenvalue weighted by Gasteiger charge is -2.41. The number of aliphatic hydroxyl groups excluding tert-OH is 5. The van der Waals surface area contributed by atoms with Crippen molar-refractivity contribution in [1.82, 2.24) is 0 Å². The number of carbonyl (C=O) groups is 2. The van der Waals surface area contributed by atoms with Gasteiger partial charge in [0.25, 0.3) is 0 Å². The molecule has 14 heteroatoms. The maximum atomic E-state index is 12.8. The van der Waals surface area contributed by atoms with E-state index in [0.29, 0.717) is 12.8 Å². The van der Waals surface area contributed by atoms with E-state index in [1.165, 1.54) is 135 Å². The van der Waals surface area contributed by atoms with Gasteiger partial charge < -0.3 is 39.9 Å². The van der Waals surface area contributed by atoms with Gasteiger partial charge in [0, 0.05) is 12.8 Å². The Kier molecular flexibility index (Phi) is 35.8.